The standard InChI is InChI=1S/C14H15ClN4S/c1-8-7-19-12(10(3)18-14(19)20-8)6-16-11-4-5-13(15)17-9(11)2/h4-5,7,16H,6H2,1-3H3. The molecule has 0 aliphatic heterocycles. The second kappa shape index (κ2) is 5.07. The van der Waals surface area contributed by atoms with Gasteiger partial charge in [-0.1, -0.05) is 11.6 Å². The third kappa shape index (κ3) is 2.39. The number of nitrogens with one attached hydrogen (secondary N) is 1. The number of pyridine rings is 1. The Balaban J connectivity index is 1.87. The molecule has 20 heavy (non-hydrogen) atoms. The number of rotatable bonds is 3. The molecule has 0 amide bonds. The highest BCUT2D eigenvalue weighted by molar-refractivity contribution is 7.17. The Morgan fingerprint density at radius 2 is 2.00 bits per heavy atom. The zero-order valence-corrected chi connectivity index (χ0v) is 13.1. The number of aryl methyl sites for hydroxylation is 3. The van der Waals surface area contributed by atoms with E-state index in [-0.39, 0.29) is 0 Å². The average Bonchev–Trinajstić information content (AvgIpc) is 2.84. The number of thiazole rings is 1. The summed E-state index contributed by atoms with van der Waals surface area (Å²) in [5, 5.41) is 3.93. The number of anilines is 1. The first-order chi connectivity index (χ1) is 9.54. The molecule has 0 atom stereocenters. The average molecular weight is 307 g/mol. The van der Waals surface area contributed by atoms with Gasteiger partial charge >= 0.3 is 0 Å². The SMILES string of the molecule is Cc1cn2c(CNc3ccc(Cl)nc3C)c(C)nc2s1. The van der Waals surface area contributed by atoms with Crippen molar-refractivity contribution in [3.8, 4) is 0 Å². The molecule has 104 valence electrons. The van der Waals surface area contributed by atoms with Crippen molar-refractivity contribution in [3.05, 3.63) is 45.4 Å². The predicted octanol–water partition coefficient (Wildman–Crippen LogP) is 3.98. The summed E-state index contributed by atoms with van der Waals surface area (Å²) in [5.41, 5.74) is 4.13. The fraction of sp³-hybridized carbons (Fsp3) is 0.286. The molecule has 0 fully saturated rings. The summed E-state index contributed by atoms with van der Waals surface area (Å²) in [6.07, 6.45) is 2.13. The molecule has 3 aromatic heterocycles. The Kier molecular flexibility index (Phi) is 3.40. The van der Waals surface area contributed by atoms with Crippen LogP contribution in [0.4, 0.5) is 5.69 Å². The van der Waals surface area contributed by atoms with Gasteiger partial charge < -0.3 is 5.32 Å². The van der Waals surface area contributed by atoms with Crippen LogP contribution in [0.2, 0.25) is 5.15 Å². The molecule has 0 saturated heterocycles. The van der Waals surface area contributed by atoms with E-state index in [1.165, 1.54) is 10.6 Å². The summed E-state index contributed by atoms with van der Waals surface area (Å²) in [4.78, 5) is 11.1. The first-order valence-electron chi connectivity index (χ1n) is 6.35. The number of imidazole rings is 1. The molecule has 0 aliphatic carbocycles. The summed E-state index contributed by atoms with van der Waals surface area (Å²) in [6, 6.07) is 3.75. The van der Waals surface area contributed by atoms with Crippen molar-refractivity contribution in [2.24, 2.45) is 0 Å². The summed E-state index contributed by atoms with van der Waals surface area (Å²) in [7, 11) is 0. The van der Waals surface area contributed by atoms with Gasteiger partial charge in [0.2, 0.25) is 0 Å². The smallest absolute Gasteiger partial charge is 0.194 e. The lowest BCUT2D eigenvalue weighted by molar-refractivity contribution is 0.985. The van der Waals surface area contributed by atoms with Crippen LogP contribution >= 0.6 is 22.9 Å². The quantitative estimate of drug-likeness (QED) is 0.744. The van der Waals surface area contributed by atoms with Crippen LogP contribution in [0.3, 0.4) is 0 Å². The van der Waals surface area contributed by atoms with Gasteiger partial charge in [-0.15, -0.1) is 11.3 Å². The zero-order chi connectivity index (χ0) is 14.3. The highest BCUT2D eigenvalue weighted by atomic mass is 35.5. The molecule has 3 aromatic rings. The molecule has 0 aromatic carbocycles. The number of nitrogens with zero attached hydrogens (tertiary/aromatic N) is 3. The second-order valence-electron chi connectivity index (χ2n) is 4.76. The van der Waals surface area contributed by atoms with Crippen LogP contribution < -0.4 is 5.32 Å². The van der Waals surface area contributed by atoms with Gasteiger partial charge in [0.15, 0.2) is 4.96 Å². The van der Waals surface area contributed by atoms with Gasteiger partial charge in [0.25, 0.3) is 0 Å². The van der Waals surface area contributed by atoms with Crippen LogP contribution in [0, 0.1) is 20.8 Å². The molecule has 3 heterocycles. The molecular weight excluding hydrogens is 292 g/mol. The Morgan fingerprint density at radius 1 is 1.20 bits per heavy atom. The molecule has 0 bridgehead atoms. The minimum absolute atomic E-state index is 0.518. The van der Waals surface area contributed by atoms with Crippen LogP contribution in [0.15, 0.2) is 18.3 Å². The Labute approximate surface area is 126 Å². The van der Waals surface area contributed by atoms with Gasteiger partial charge in [-0.3, -0.25) is 4.40 Å². The van der Waals surface area contributed by atoms with Gasteiger partial charge in [0.05, 0.1) is 29.3 Å². The largest absolute Gasteiger partial charge is 0.378 e. The number of hydrogen-bond donors (Lipinski definition) is 1. The maximum absolute atomic E-state index is 5.87. The molecule has 0 unspecified atom stereocenters. The van der Waals surface area contributed by atoms with E-state index in [0.29, 0.717) is 11.7 Å². The molecule has 1 N–H and O–H groups in total. The Bertz CT molecular complexity index is 775. The first kappa shape index (κ1) is 13.4. The van der Waals surface area contributed by atoms with Gasteiger partial charge in [-0.05, 0) is 32.9 Å². The summed E-state index contributed by atoms with van der Waals surface area (Å²) < 4.78 is 2.15. The van der Waals surface area contributed by atoms with Crippen LogP contribution in [0.25, 0.3) is 4.96 Å². The Morgan fingerprint density at radius 3 is 2.75 bits per heavy atom. The minimum atomic E-state index is 0.518. The monoisotopic (exact) mass is 306 g/mol. The molecule has 4 nitrogen and oxygen atoms in total. The minimum Gasteiger partial charge on any atom is -0.378 e. The van der Waals surface area contributed by atoms with Crippen molar-refractivity contribution in [3.63, 3.8) is 0 Å². The van der Waals surface area contributed by atoms with Crippen LogP contribution in [-0.4, -0.2) is 14.4 Å². The van der Waals surface area contributed by atoms with E-state index in [1.807, 2.05) is 19.9 Å². The van der Waals surface area contributed by atoms with E-state index in [1.54, 1.807) is 17.4 Å². The highest BCUT2D eigenvalue weighted by Crippen LogP contribution is 2.22. The second-order valence-corrected chi connectivity index (χ2v) is 6.36. The van der Waals surface area contributed by atoms with Gasteiger partial charge in [-0.2, -0.15) is 0 Å². The van der Waals surface area contributed by atoms with E-state index in [0.717, 1.165) is 22.0 Å². The number of aromatic nitrogens is 3. The molecule has 3 rings (SSSR count). The molecule has 6 heteroatoms. The maximum Gasteiger partial charge on any atom is 0.194 e. The number of halogens is 1. The lowest BCUT2D eigenvalue weighted by atomic mass is 10.3. The molecular formula is C14H15ClN4S. The molecule has 0 spiro atoms. The molecule has 0 saturated carbocycles. The predicted molar refractivity (Wildman–Crippen MR) is 83.9 cm³/mol. The van der Waals surface area contributed by atoms with Crippen LogP contribution in [0.1, 0.15) is 22.0 Å². The lowest BCUT2D eigenvalue weighted by Crippen LogP contribution is -2.05. The molecule has 0 radical (unpaired) electrons. The Hall–Kier alpha value is -1.59. The zero-order valence-electron chi connectivity index (χ0n) is 11.6. The summed E-state index contributed by atoms with van der Waals surface area (Å²) in [5.74, 6) is 0. The van der Waals surface area contributed by atoms with Gasteiger partial charge in [-0.25, -0.2) is 9.97 Å². The fourth-order valence-corrected chi connectivity index (χ4v) is 3.30. The third-order valence-electron chi connectivity index (χ3n) is 3.24. The van der Waals surface area contributed by atoms with Crippen LogP contribution in [-0.2, 0) is 6.54 Å². The number of hydrogen-bond acceptors (Lipinski definition) is 4. The normalized spacial score (nSPS) is 11.2. The van der Waals surface area contributed by atoms with Crippen molar-refractivity contribution >= 4 is 33.6 Å². The van der Waals surface area contributed by atoms with E-state index >= 15 is 0 Å². The van der Waals surface area contributed by atoms with E-state index in [9.17, 15) is 0 Å². The first-order valence-corrected chi connectivity index (χ1v) is 7.55. The summed E-state index contributed by atoms with van der Waals surface area (Å²) in [6.45, 7) is 6.80. The maximum atomic E-state index is 5.87. The van der Waals surface area contributed by atoms with Gasteiger partial charge in [0, 0.05) is 11.1 Å². The van der Waals surface area contributed by atoms with Crippen molar-refractivity contribution < 1.29 is 0 Å². The lowest BCUT2D eigenvalue weighted by Gasteiger charge is -2.09. The van der Waals surface area contributed by atoms with Crippen LogP contribution in [0.5, 0.6) is 0 Å². The third-order valence-corrected chi connectivity index (χ3v) is 4.35. The summed E-state index contributed by atoms with van der Waals surface area (Å²) >= 11 is 7.58. The fourth-order valence-electron chi connectivity index (χ4n) is 2.22. The number of fused-ring (bicyclic) bond motifs is 1. The van der Waals surface area contributed by atoms with Crippen molar-refractivity contribution in [1.29, 1.82) is 0 Å². The van der Waals surface area contributed by atoms with Crippen molar-refractivity contribution in [1.82, 2.24) is 14.4 Å². The molecule has 0 aliphatic rings. The topological polar surface area (TPSA) is 42.2 Å². The van der Waals surface area contributed by atoms with E-state index in [4.69, 9.17) is 11.6 Å². The van der Waals surface area contributed by atoms with Crippen molar-refractivity contribution in [2.75, 3.05) is 5.32 Å². The van der Waals surface area contributed by atoms with E-state index < -0.39 is 0 Å². The highest BCUT2D eigenvalue weighted by Gasteiger charge is 2.11. The van der Waals surface area contributed by atoms with Gasteiger partial charge in [0.1, 0.15) is 5.15 Å². The van der Waals surface area contributed by atoms with E-state index in [2.05, 4.69) is 32.8 Å². The van der Waals surface area contributed by atoms with Crippen molar-refractivity contribution in [2.45, 2.75) is 27.3 Å².